The van der Waals surface area contributed by atoms with Crippen molar-refractivity contribution >= 4 is 57.7 Å². The summed E-state index contributed by atoms with van der Waals surface area (Å²) in [5, 5.41) is 50.1. The van der Waals surface area contributed by atoms with Gasteiger partial charge in [0.15, 0.2) is 23.7 Å². The minimum Gasteiger partial charge on any atom is -0.576 e. The highest BCUT2D eigenvalue weighted by Gasteiger charge is 2.50. The fraction of sp³-hybridized carbons (Fsp3) is 0.524. The topological polar surface area (TPSA) is 421 Å². The number of aromatic amines is 1. The number of aliphatic hydroxyl groups is 4. The van der Waals surface area contributed by atoms with Crippen LogP contribution in [0.4, 0.5) is 11.9 Å². The Balaban J connectivity index is 1.04. The molecule has 4 aromatic rings. The molecule has 0 spiro atoms. The number of phosphoric ester groups is 2. The van der Waals surface area contributed by atoms with E-state index in [-0.39, 0.29) is 40.1 Å². The van der Waals surface area contributed by atoms with Crippen LogP contribution in [0.25, 0.3) is 22.3 Å². The number of aliphatic hydroxyl groups excluding tert-OH is 4. The molecule has 2 aliphatic heterocycles. The maximum Gasteiger partial charge on any atom is 0.490 e. The summed E-state index contributed by atoms with van der Waals surface area (Å²) in [6.45, 7) is -2.15. The summed E-state index contributed by atoms with van der Waals surface area (Å²) >= 11 is 0. The van der Waals surface area contributed by atoms with Crippen LogP contribution >= 0.6 is 23.5 Å². The van der Waals surface area contributed by atoms with Crippen molar-refractivity contribution in [2.24, 2.45) is 7.05 Å². The van der Waals surface area contributed by atoms with Crippen LogP contribution in [0.3, 0.4) is 0 Å². The molecule has 31 heteroatoms. The predicted molar refractivity (Wildman–Crippen MR) is 164 cm³/mol. The van der Waals surface area contributed by atoms with Gasteiger partial charge in [-0.05, 0) is 0 Å². The third-order valence-corrected chi connectivity index (χ3v) is 11.9. The smallest absolute Gasteiger partial charge is 0.490 e. The Morgan fingerprint density at radius 1 is 0.923 bits per heavy atom. The fourth-order valence-electron chi connectivity index (χ4n) is 5.43. The van der Waals surface area contributed by atoms with Crippen molar-refractivity contribution in [3.05, 3.63) is 23.0 Å². The lowest BCUT2D eigenvalue weighted by Gasteiger charge is -2.21. The molecule has 2 saturated heterocycles. The summed E-state index contributed by atoms with van der Waals surface area (Å²) in [6, 6.07) is 0. The van der Waals surface area contributed by atoms with Gasteiger partial charge in [-0.2, -0.15) is 13.6 Å². The van der Waals surface area contributed by atoms with Gasteiger partial charge in [0.2, 0.25) is 12.2 Å². The number of aryl methyl sites for hydroxylation is 1. The molecule has 0 amide bonds. The van der Waals surface area contributed by atoms with E-state index in [4.69, 9.17) is 26.0 Å². The van der Waals surface area contributed by atoms with Gasteiger partial charge in [0.05, 0.1) is 26.6 Å². The van der Waals surface area contributed by atoms with E-state index >= 15 is 0 Å². The molecule has 0 aromatic carbocycles. The van der Waals surface area contributed by atoms with E-state index in [1.165, 1.54) is 22.5 Å². The first kappa shape index (κ1) is 38.2. The van der Waals surface area contributed by atoms with Gasteiger partial charge in [0.1, 0.15) is 36.6 Å². The average molecular weight is 804 g/mol. The molecule has 14 N–H and O–H groups in total. The molecule has 0 aliphatic carbocycles. The van der Waals surface area contributed by atoms with Gasteiger partial charge in [-0.3, -0.25) is 28.0 Å². The first-order valence-electron chi connectivity index (χ1n) is 14.4. The van der Waals surface area contributed by atoms with Gasteiger partial charge in [0.25, 0.3) is 11.1 Å². The van der Waals surface area contributed by atoms with Crippen molar-refractivity contribution < 1.29 is 85.6 Å². The van der Waals surface area contributed by atoms with E-state index in [1.807, 2.05) is 0 Å². The lowest BCUT2D eigenvalue weighted by molar-refractivity contribution is -0.745. The molecule has 286 valence electrons. The molecule has 0 bridgehead atoms. The predicted octanol–water partition coefficient (Wildman–Crippen LogP) is -4.40. The molecule has 0 radical (unpaired) electrons. The Kier molecular flexibility index (Phi) is 10.1. The second-order valence-corrected chi connectivity index (χ2v) is 15.9. The number of fused-ring (bicyclic) bond motifs is 2. The van der Waals surface area contributed by atoms with Gasteiger partial charge >= 0.3 is 40.9 Å². The zero-order valence-corrected chi connectivity index (χ0v) is 28.7. The van der Waals surface area contributed by atoms with E-state index < -0.39 is 91.3 Å². The number of aromatic nitrogens is 8. The monoisotopic (exact) mass is 804 g/mol. The van der Waals surface area contributed by atoms with Gasteiger partial charge in [-0.25, -0.2) is 23.2 Å². The van der Waals surface area contributed by atoms with Gasteiger partial charge < -0.3 is 61.2 Å². The second-order valence-electron chi connectivity index (χ2n) is 11.3. The van der Waals surface area contributed by atoms with Crippen LogP contribution in [0.1, 0.15) is 12.5 Å². The van der Waals surface area contributed by atoms with Crippen molar-refractivity contribution in [2.45, 2.75) is 49.1 Å². The van der Waals surface area contributed by atoms with Crippen LogP contribution in [-0.4, -0.2) is 124 Å². The summed E-state index contributed by atoms with van der Waals surface area (Å²) in [5.74, 6) is -0.848. The van der Waals surface area contributed by atoms with E-state index in [0.29, 0.717) is 0 Å². The number of hydrogen-bond acceptors (Lipinski definition) is 20. The van der Waals surface area contributed by atoms with E-state index in [2.05, 4.69) is 42.6 Å². The minimum absolute atomic E-state index is 0.0283. The lowest BCUT2D eigenvalue weighted by Crippen LogP contribution is -2.46. The van der Waals surface area contributed by atoms with Gasteiger partial charge in [0, 0.05) is 0 Å². The second kappa shape index (κ2) is 13.7. The van der Waals surface area contributed by atoms with Crippen molar-refractivity contribution in [3.8, 4) is 5.88 Å². The highest BCUT2D eigenvalue weighted by Crippen LogP contribution is 2.67. The summed E-state index contributed by atoms with van der Waals surface area (Å²) in [4.78, 5) is 59.8. The molecule has 5 unspecified atom stereocenters. The first-order chi connectivity index (χ1) is 24.2. The van der Waals surface area contributed by atoms with E-state index in [1.54, 1.807) is 0 Å². The van der Waals surface area contributed by atoms with Gasteiger partial charge in [-0.1, -0.05) is 4.98 Å². The van der Waals surface area contributed by atoms with Crippen LogP contribution in [0.5, 0.6) is 5.88 Å². The number of anilines is 2. The van der Waals surface area contributed by atoms with Gasteiger partial charge in [-0.15, -0.1) is 4.98 Å². The Morgan fingerprint density at radius 3 is 2.15 bits per heavy atom. The van der Waals surface area contributed by atoms with Crippen LogP contribution in [0.2, 0.25) is 0 Å². The average Bonchev–Trinajstić information content (AvgIpc) is 3.74. The molecule has 2 aliphatic rings. The number of ether oxygens (including phenoxy) is 2. The number of nitrogen functional groups attached to an aromatic ring is 2. The number of nitrogens with two attached hydrogens (primary N) is 2. The molecule has 52 heavy (non-hydrogen) atoms. The number of nitrogens with one attached hydrogen (secondary N) is 1. The van der Waals surface area contributed by atoms with Crippen molar-refractivity contribution in [1.29, 1.82) is 0 Å². The molecule has 0 saturated carbocycles. The minimum atomic E-state index is -5.99. The van der Waals surface area contributed by atoms with Crippen molar-refractivity contribution in [3.63, 3.8) is 0 Å². The van der Waals surface area contributed by atoms with Crippen molar-refractivity contribution in [1.82, 2.24) is 34.1 Å². The molecule has 4 aromatic heterocycles. The summed E-state index contributed by atoms with van der Waals surface area (Å²) in [6.07, 6.45) is -10.8. The quantitative estimate of drug-likeness (QED) is 0.0367. The van der Waals surface area contributed by atoms with Crippen LogP contribution in [-0.2, 0) is 47.9 Å². The first-order valence-corrected chi connectivity index (χ1v) is 18.9. The maximum absolute atomic E-state index is 12.5. The third-order valence-electron chi connectivity index (χ3n) is 7.67. The SMILES string of the molecule is Cn1c[n+]([C@@H]2O[C@H](COP(=O)(O)OP(=O)(O)OP(=O)(O)OC[C@H]3O[C@@H](n4cnc5c(=O)[nH]c(N)nc54)C(O)[C@H]3O)C(O)[C@@H]2O)c2nc(N)nc([OH2+])c21. The van der Waals surface area contributed by atoms with E-state index in [9.17, 15) is 53.6 Å². The van der Waals surface area contributed by atoms with E-state index in [0.717, 1.165) is 10.9 Å². The van der Waals surface area contributed by atoms with Crippen LogP contribution in [0, 0.1) is 0 Å². The number of hydrogen-bond donors (Lipinski definition) is 10. The molecule has 2 fully saturated rings. The highest BCUT2D eigenvalue weighted by atomic mass is 31.3. The summed E-state index contributed by atoms with van der Waals surface area (Å²) in [5.41, 5.74) is 10.3. The molecule has 6 heterocycles. The third kappa shape index (κ3) is 7.46. The molecule has 6 rings (SSSR count). The molecular weight excluding hydrogens is 773 g/mol. The Hall–Kier alpha value is -3.53. The van der Waals surface area contributed by atoms with Crippen LogP contribution in [0.15, 0.2) is 17.4 Å². The Labute approximate surface area is 287 Å². The Morgan fingerprint density at radius 2 is 1.52 bits per heavy atom. The van der Waals surface area contributed by atoms with Crippen molar-refractivity contribution in [2.75, 3.05) is 24.7 Å². The zero-order chi connectivity index (χ0) is 38.1. The standard InChI is InChI=1S/C21H29N10O18P3/c1-29-5-31(15-9(29)17(37)28-21(23)26-15)19-13(35)11(33)7(47-19)3-45-51(40,41)49-52(42,43)48-50(38,39)44-2-6-10(32)12(34)18(46-6)30-4-24-8-14(30)25-20(22)27-16(8)36/h4-7,10-13,18-19,32-35H,2-3H2,1H3,(H8-,22,23,25,26,27,28,36,37,38,39,40,41,42,43)/p+2/t6-,7-,10+,11?,12?,13+,18-,19-/m1/s1. The lowest BCUT2D eigenvalue weighted by atomic mass is 10.1. The zero-order valence-electron chi connectivity index (χ0n) is 26.0. The maximum atomic E-state index is 12.5. The number of phosphoric acid groups is 3. The fourth-order valence-corrected chi connectivity index (χ4v) is 8.95. The molecule has 11 atom stereocenters. The number of rotatable bonds is 12. The number of nitrogens with zero attached hydrogens (tertiary/aromatic N) is 7. The molecular formula is C21H31N10O18P3+2. The summed E-state index contributed by atoms with van der Waals surface area (Å²) in [7, 11) is -15.8. The largest absolute Gasteiger partial charge is 0.576 e. The molecule has 28 nitrogen and oxygen atoms in total. The Bertz CT molecular complexity index is 2220. The number of H-pyrrole nitrogens is 1. The normalized spacial score (nSPS) is 30.1. The summed E-state index contributed by atoms with van der Waals surface area (Å²) < 4.78 is 69.4. The number of imidazole rings is 2. The van der Waals surface area contributed by atoms with Crippen LogP contribution < -0.4 is 21.6 Å². The highest BCUT2D eigenvalue weighted by molar-refractivity contribution is 7.66.